The molecule has 0 bridgehead atoms. The Morgan fingerprint density at radius 1 is 1.06 bits per heavy atom. The molecule has 1 unspecified atom stereocenters. The molecule has 0 saturated heterocycles. The van der Waals surface area contributed by atoms with E-state index in [-0.39, 0.29) is 29.6 Å². The van der Waals surface area contributed by atoms with Crippen molar-refractivity contribution in [2.45, 2.75) is 70.8 Å². The Morgan fingerprint density at radius 3 is 1.94 bits per heavy atom. The first-order chi connectivity index (χ1) is 7.18. The quantitative estimate of drug-likeness (QED) is 0.375. The van der Waals surface area contributed by atoms with Gasteiger partial charge in [0.1, 0.15) is 0 Å². The SMILES string of the molecule is CCCCCCCCCCC(N)C(=O)[O-].[Na+]. The molecular weight excluding hydrogens is 213 g/mol. The van der Waals surface area contributed by atoms with Gasteiger partial charge in [0.2, 0.25) is 0 Å². The number of hydrogen-bond acceptors (Lipinski definition) is 3. The second-order valence-electron chi connectivity index (χ2n) is 4.19. The first kappa shape index (κ1) is 18.8. The first-order valence-corrected chi connectivity index (χ1v) is 6.15. The maximum atomic E-state index is 10.3. The second-order valence-corrected chi connectivity index (χ2v) is 4.19. The Balaban J connectivity index is 0. The van der Waals surface area contributed by atoms with Crippen molar-refractivity contribution in [2.24, 2.45) is 5.73 Å². The van der Waals surface area contributed by atoms with Gasteiger partial charge in [-0.25, -0.2) is 0 Å². The molecule has 0 aromatic heterocycles. The molecule has 2 N–H and O–H groups in total. The van der Waals surface area contributed by atoms with Gasteiger partial charge in [-0.1, -0.05) is 58.3 Å². The van der Waals surface area contributed by atoms with Gasteiger partial charge in [-0.2, -0.15) is 0 Å². The van der Waals surface area contributed by atoms with Crippen molar-refractivity contribution in [2.75, 3.05) is 0 Å². The number of unbranched alkanes of at least 4 members (excludes halogenated alkanes) is 7. The minimum Gasteiger partial charge on any atom is -0.548 e. The summed E-state index contributed by atoms with van der Waals surface area (Å²) in [6.07, 6.45) is 10.3. The van der Waals surface area contributed by atoms with Crippen LogP contribution in [0.15, 0.2) is 0 Å². The van der Waals surface area contributed by atoms with Crippen molar-refractivity contribution < 1.29 is 39.5 Å². The van der Waals surface area contributed by atoms with Crippen LogP contribution in [0.25, 0.3) is 0 Å². The standard InChI is InChI=1S/C12H25NO2.Na/c1-2-3-4-5-6-7-8-9-10-11(13)12(14)15;/h11H,2-10,13H2,1H3,(H,14,15);/q;+1/p-1. The van der Waals surface area contributed by atoms with E-state index in [0.717, 1.165) is 12.8 Å². The zero-order chi connectivity index (χ0) is 11.5. The van der Waals surface area contributed by atoms with Crippen LogP contribution in [0.4, 0.5) is 0 Å². The fraction of sp³-hybridized carbons (Fsp3) is 0.917. The van der Waals surface area contributed by atoms with Crippen LogP contribution in [0.5, 0.6) is 0 Å². The van der Waals surface area contributed by atoms with E-state index in [2.05, 4.69) is 6.92 Å². The van der Waals surface area contributed by atoms with Gasteiger partial charge in [-0.15, -0.1) is 0 Å². The summed E-state index contributed by atoms with van der Waals surface area (Å²) in [5.74, 6) is -1.13. The van der Waals surface area contributed by atoms with E-state index in [1.165, 1.54) is 38.5 Å². The van der Waals surface area contributed by atoms with E-state index in [1.54, 1.807) is 0 Å². The molecular formula is C12H24NNaO2. The van der Waals surface area contributed by atoms with Crippen molar-refractivity contribution in [1.29, 1.82) is 0 Å². The first-order valence-electron chi connectivity index (χ1n) is 6.15. The Morgan fingerprint density at radius 2 is 1.50 bits per heavy atom. The zero-order valence-electron chi connectivity index (χ0n) is 10.8. The number of carboxylic acid groups (broad SMARTS) is 1. The van der Waals surface area contributed by atoms with E-state index in [0.29, 0.717) is 6.42 Å². The molecule has 16 heavy (non-hydrogen) atoms. The largest absolute Gasteiger partial charge is 1.00 e. The van der Waals surface area contributed by atoms with Crippen LogP contribution < -0.4 is 40.4 Å². The van der Waals surface area contributed by atoms with Gasteiger partial charge in [0.15, 0.2) is 0 Å². The Bertz CT molecular complexity index is 165. The van der Waals surface area contributed by atoms with Crippen LogP contribution in [-0.4, -0.2) is 12.0 Å². The molecule has 0 aliphatic heterocycles. The van der Waals surface area contributed by atoms with E-state index < -0.39 is 12.0 Å². The Labute approximate surface area is 121 Å². The topological polar surface area (TPSA) is 66.2 Å². The predicted molar refractivity (Wildman–Crippen MR) is 60.2 cm³/mol. The number of carbonyl (C=O) groups excluding carboxylic acids is 1. The van der Waals surface area contributed by atoms with Gasteiger partial charge in [-0.3, -0.25) is 0 Å². The molecule has 0 rings (SSSR count). The third-order valence-corrected chi connectivity index (χ3v) is 2.67. The summed E-state index contributed by atoms with van der Waals surface area (Å²) in [6.45, 7) is 2.21. The van der Waals surface area contributed by atoms with Gasteiger partial charge in [0.25, 0.3) is 0 Å². The third-order valence-electron chi connectivity index (χ3n) is 2.67. The summed E-state index contributed by atoms with van der Waals surface area (Å²) in [5, 5.41) is 10.3. The molecule has 0 aromatic carbocycles. The average Bonchev–Trinajstić information content (AvgIpc) is 2.21. The molecule has 0 fully saturated rings. The van der Waals surface area contributed by atoms with Crippen LogP contribution in [0.1, 0.15) is 64.7 Å². The van der Waals surface area contributed by atoms with E-state index in [1.807, 2.05) is 0 Å². The van der Waals surface area contributed by atoms with Crippen LogP contribution in [-0.2, 0) is 4.79 Å². The van der Waals surface area contributed by atoms with Crippen molar-refractivity contribution in [1.82, 2.24) is 0 Å². The normalized spacial score (nSPS) is 11.9. The van der Waals surface area contributed by atoms with Crippen LogP contribution in [0.2, 0.25) is 0 Å². The molecule has 0 amide bonds. The van der Waals surface area contributed by atoms with E-state index in [9.17, 15) is 9.90 Å². The van der Waals surface area contributed by atoms with Crippen molar-refractivity contribution >= 4 is 5.97 Å². The van der Waals surface area contributed by atoms with Crippen molar-refractivity contribution in [3.63, 3.8) is 0 Å². The van der Waals surface area contributed by atoms with Crippen LogP contribution in [0, 0.1) is 0 Å². The molecule has 4 heteroatoms. The molecule has 0 spiro atoms. The second kappa shape index (κ2) is 13.5. The maximum Gasteiger partial charge on any atom is 1.00 e. The number of carbonyl (C=O) groups is 1. The fourth-order valence-corrected chi connectivity index (χ4v) is 1.62. The third kappa shape index (κ3) is 12.5. The van der Waals surface area contributed by atoms with Crippen molar-refractivity contribution in [3.8, 4) is 0 Å². The summed E-state index contributed by atoms with van der Waals surface area (Å²) in [5.41, 5.74) is 5.33. The number of carboxylic acids is 1. The number of hydrogen-bond donors (Lipinski definition) is 1. The molecule has 0 aliphatic rings. The van der Waals surface area contributed by atoms with E-state index >= 15 is 0 Å². The summed E-state index contributed by atoms with van der Waals surface area (Å²) in [7, 11) is 0. The predicted octanol–water partition coefficient (Wildman–Crippen LogP) is -1.40. The van der Waals surface area contributed by atoms with Crippen LogP contribution in [0.3, 0.4) is 0 Å². The molecule has 3 nitrogen and oxygen atoms in total. The van der Waals surface area contributed by atoms with Gasteiger partial charge < -0.3 is 15.6 Å². The number of rotatable bonds is 10. The maximum absolute atomic E-state index is 10.3. The average molecular weight is 237 g/mol. The summed E-state index contributed by atoms with van der Waals surface area (Å²) in [6, 6.07) is -0.773. The summed E-state index contributed by atoms with van der Waals surface area (Å²) in [4.78, 5) is 10.3. The minimum atomic E-state index is -1.13. The number of aliphatic carboxylic acids is 1. The smallest absolute Gasteiger partial charge is 0.548 e. The molecule has 1 atom stereocenters. The van der Waals surface area contributed by atoms with Crippen molar-refractivity contribution in [3.05, 3.63) is 0 Å². The summed E-state index contributed by atoms with van der Waals surface area (Å²) < 4.78 is 0. The minimum absolute atomic E-state index is 0. The molecule has 0 saturated carbocycles. The van der Waals surface area contributed by atoms with Gasteiger partial charge in [0.05, 0.1) is 5.97 Å². The van der Waals surface area contributed by atoms with Gasteiger partial charge in [-0.05, 0) is 6.42 Å². The number of nitrogens with two attached hydrogens (primary N) is 1. The summed E-state index contributed by atoms with van der Waals surface area (Å²) >= 11 is 0. The zero-order valence-corrected chi connectivity index (χ0v) is 12.8. The molecule has 0 aromatic rings. The molecule has 0 radical (unpaired) electrons. The Kier molecular flexibility index (Phi) is 15.8. The molecule has 90 valence electrons. The Hall–Kier alpha value is 0.430. The van der Waals surface area contributed by atoms with E-state index in [4.69, 9.17) is 5.73 Å². The molecule has 0 aliphatic carbocycles. The van der Waals surface area contributed by atoms with Crippen LogP contribution >= 0.6 is 0 Å². The molecule has 0 heterocycles. The van der Waals surface area contributed by atoms with Gasteiger partial charge in [0, 0.05) is 6.04 Å². The monoisotopic (exact) mass is 237 g/mol. The fourth-order valence-electron chi connectivity index (χ4n) is 1.62. The van der Waals surface area contributed by atoms with Gasteiger partial charge >= 0.3 is 29.6 Å².